The number of hydrogen-bond donors (Lipinski definition) is 1. The van der Waals surface area contributed by atoms with Gasteiger partial charge in [0.15, 0.2) is 0 Å². The summed E-state index contributed by atoms with van der Waals surface area (Å²) in [6.07, 6.45) is -4.66. The topological polar surface area (TPSA) is 63.4 Å². The first-order valence-electron chi connectivity index (χ1n) is 5.71. The zero-order valence-electron chi connectivity index (χ0n) is 10.3. The van der Waals surface area contributed by atoms with Crippen molar-refractivity contribution in [2.75, 3.05) is 6.54 Å². The van der Waals surface area contributed by atoms with Crippen LogP contribution in [0.2, 0.25) is 0 Å². The van der Waals surface area contributed by atoms with Gasteiger partial charge in [-0.05, 0) is 5.41 Å². The van der Waals surface area contributed by atoms with E-state index in [4.69, 9.17) is 5.73 Å². The lowest BCUT2D eigenvalue weighted by atomic mass is 10.0. The predicted octanol–water partition coefficient (Wildman–Crippen LogP) is 1.09. The molecule has 8 heteroatoms. The first-order valence-corrected chi connectivity index (χ1v) is 6.11. The normalized spacial score (nSPS) is 30.3. The number of carbonyl (C=O) groups excluding carboxylic acids is 2. The average Bonchev–Trinajstić information content (AvgIpc) is 2.66. The molecule has 2 aliphatic rings. The van der Waals surface area contributed by atoms with Gasteiger partial charge < -0.3 is 5.73 Å². The number of thiocarbonyl (C=S) groups is 1. The number of amides is 2. The minimum absolute atomic E-state index is 0.443. The summed E-state index contributed by atoms with van der Waals surface area (Å²) >= 11 is 4.37. The fraction of sp³-hybridized carbons (Fsp3) is 0.727. The van der Waals surface area contributed by atoms with Crippen LogP contribution in [0.3, 0.4) is 0 Å². The van der Waals surface area contributed by atoms with Gasteiger partial charge in [-0.2, -0.15) is 13.2 Å². The van der Waals surface area contributed by atoms with Gasteiger partial charge in [0.05, 0.1) is 16.8 Å². The molecular formula is C11H13F3N2O2S. The summed E-state index contributed by atoms with van der Waals surface area (Å²) < 4.78 is 38.2. The van der Waals surface area contributed by atoms with E-state index in [0.717, 1.165) is 0 Å². The molecule has 3 atom stereocenters. The van der Waals surface area contributed by atoms with Crippen molar-refractivity contribution in [3.05, 3.63) is 0 Å². The van der Waals surface area contributed by atoms with Crippen molar-refractivity contribution in [3.8, 4) is 0 Å². The third-order valence-corrected chi connectivity index (χ3v) is 4.28. The zero-order valence-corrected chi connectivity index (χ0v) is 11.1. The molecule has 0 radical (unpaired) electrons. The smallest absolute Gasteiger partial charge is 0.393 e. The van der Waals surface area contributed by atoms with Crippen molar-refractivity contribution in [2.24, 2.45) is 28.9 Å². The first kappa shape index (κ1) is 14.2. The highest BCUT2D eigenvalue weighted by molar-refractivity contribution is 7.80. The van der Waals surface area contributed by atoms with E-state index in [9.17, 15) is 22.8 Å². The zero-order chi connectivity index (χ0) is 14.7. The molecule has 2 amide bonds. The summed E-state index contributed by atoms with van der Waals surface area (Å²) in [4.78, 5) is 23.7. The molecule has 4 nitrogen and oxygen atoms in total. The summed E-state index contributed by atoms with van der Waals surface area (Å²) in [5.41, 5.74) is 4.61. The van der Waals surface area contributed by atoms with Crippen molar-refractivity contribution >= 4 is 29.0 Å². The molecular weight excluding hydrogens is 281 g/mol. The summed E-state index contributed by atoms with van der Waals surface area (Å²) in [7, 11) is 0. The van der Waals surface area contributed by atoms with Crippen molar-refractivity contribution in [1.82, 2.24) is 4.90 Å². The quantitative estimate of drug-likeness (QED) is 0.625. The van der Waals surface area contributed by atoms with Crippen LogP contribution in [0.1, 0.15) is 13.8 Å². The number of imide groups is 1. The molecule has 1 saturated carbocycles. The molecule has 1 heterocycles. The lowest BCUT2D eigenvalue weighted by Gasteiger charge is -2.26. The van der Waals surface area contributed by atoms with Gasteiger partial charge in [0.2, 0.25) is 11.8 Å². The number of hydrogen-bond acceptors (Lipinski definition) is 3. The molecule has 19 heavy (non-hydrogen) atoms. The van der Waals surface area contributed by atoms with Crippen molar-refractivity contribution in [1.29, 1.82) is 0 Å². The van der Waals surface area contributed by atoms with Gasteiger partial charge >= 0.3 is 6.18 Å². The van der Waals surface area contributed by atoms with Crippen LogP contribution in [0.4, 0.5) is 13.2 Å². The number of fused-ring (bicyclic) bond motifs is 1. The number of nitrogens with two attached hydrogens (primary N) is 1. The maximum absolute atomic E-state index is 12.7. The van der Waals surface area contributed by atoms with Gasteiger partial charge in [-0.25, -0.2) is 0 Å². The van der Waals surface area contributed by atoms with E-state index in [2.05, 4.69) is 12.2 Å². The highest BCUT2D eigenvalue weighted by atomic mass is 32.1. The minimum atomic E-state index is -4.66. The number of rotatable bonds is 3. The van der Waals surface area contributed by atoms with Crippen molar-refractivity contribution < 1.29 is 22.8 Å². The third-order valence-electron chi connectivity index (χ3n) is 4.00. The van der Waals surface area contributed by atoms with Gasteiger partial charge in [-0.15, -0.1) is 0 Å². The number of piperidine rings is 1. The van der Waals surface area contributed by atoms with Crippen LogP contribution in [-0.2, 0) is 9.59 Å². The van der Waals surface area contributed by atoms with Crippen LogP contribution in [0.15, 0.2) is 0 Å². The van der Waals surface area contributed by atoms with Crippen LogP contribution < -0.4 is 5.73 Å². The summed E-state index contributed by atoms with van der Waals surface area (Å²) in [6, 6.07) is 0. The molecule has 0 aromatic carbocycles. The SMILES string of the molecule is CC1(C)C2C(=O)N(CC(C(N)=S)C(F)(F)F)C(=O)C21. The average molecular weight is 294 g/mol. The highest BCUT2D eigenvalue weighted by Gasteiger charge is 2.72. The molecule has 0 bridgehead atoms. The largest absolute Gasteiger partial charge is 0.399 e. The molecule has 0 spiro atoms. The Morgan fingerprint density at radius 1 is 1.37 bits per heavy atom. The van der Waals surface area contributed by atoms with Gasteiger partial charge in [-0.1, -0.05) is 26.1 Å². The number of halogens is 3. The van der Waals surface area contributed by atoms with Crippen LogP contribution in [0, 0.1) is 23.2 Å². The van der Waals surface area contributed by atoms with Crippen LogP contribution in [-0.4, -0.2) is 34.4 Å². The highest BCUT2D eigenvalue weighted by Crippen LogP contribution is 2.63. The molecule has 2 N–H and O–H groups in total. The lowest BCUT2D eigenvalue weighted by molar-refractivity contribution is -0.165. The van der Waals surface area contributed by atoms with Gasteiger partial charge in [0.25, 0.3) is 0 Å². The van der Waals surface area contributed by atoms with Crippen LogP contribution in [0.5, 0.6) is 0 Å². The number of carbonyl (C=O) groups is 2. The molecule has 0 aromatic rings. The van der Waals surface area contributed by atoms with E-state index in [1.54, 1.807) is 13.8 Å². The fourth-order valence-electron chi connectivity index (χ4n) is 2.72. The molecule has 2 fully saturated rings. The Hall–Kier alpha value is -1.18. The Morgan fingerprint density at radius 2 is 1.79 bits per heavy atom. The van der Waals surface area contributed by atoms with Gasteiger partial charge in [-0.3, -0.25) is 14.5 Å². The Balaban J connectivity index is 2.16. The molecule has 0 aromatic heterocycles. The summed E-state index contributed by atoms with van der Waals surface area (Å²) in [5, 5.41) is 0. The van der Waals surface area contributed by atoms with E-state index in [1.807, 2.05) is 0 Å². The maximum atomic E-state index is 12.7. The van der Waals surface area contributed by atoms with Crippen LogP contribution in [0.25, 0.3) is 0 Å². The Bertz CT molecular complexity index is 451. The molecule has 1 aliphatic heterocycles. The predicted molar refractivity (Wildman–Crippen MR) is 63.8 cm³/mol. The Labute approximate surface area is 113 Å². The van der Waals surface area contributed by atoms with E-state index in [1.165, 1.54) is 0 Å². The Morgan fingerprint density at radius 3 is 2.11 bits per heavy atom. The number of likely N-dealkylation sites (tertiary alicyclic amines) is 1. The first-order chi connectivity index (χ1) is 8.49. The van der Waals surface area contributed by atoms with E-state index < -0.39 is 52.7 Å². The molecule has 106 valence electrons. The molecule has 2 rings (SSSR count). The van der Waals surface area contributed by atoms with E-state index in [0.29, 0.717) is 4.90 Å². The molecule has 1 saturated heterocycles. The van der Waals surface area contributed by atoms with Gasteiger partial charge in [0, 0.05) is 6.54 Å². The fourth-order valence-corrected chi connectivity index (χ4v) is 2.93. The second kappa shape index (κ2) is 3.91. The Kier molecular flexibility index (Phi) is 2.93. The number of alkyl halides is 3. The third kappa shape index (κ3) is 2.01. The molecule has 3 unspecified atom stereocenters. The minimum Gasteiger partial charge on any atom is -0.393 e. The maximum Gasteiger partial charge on any atom is 0.399 e. The summed E-state index contributed by atoms with van der Waals surface area (Å²) in [5.74, 6) is -4.24. The number of nitrogens with zero attached hydrogens (tertiary/aromatic N) is 1. The van der Waals surface area contributed by atoms with Gasteiger partial charge in [0.1, 0.15) is 5.92 Å². The monoisotopic (exact) mass is 294 g/mol. The standard InChI is InChI=1S/C11H13F3N2O2S/c1-10(2)5-6(10)9(18)16(8(5)17)3-4(7(15)19)11(12,13)14/h4-6H,3H2,1-2H3,(H2,15,19). The summed E-state index contributed by atoms with van der Waals surface area (Å²) in [6.45, 7) is 2.70. The lowest BCUT2D eigenvalue weighted by Crippen LogP contribution is -2.47. The van der Waals surface area contributed by atoms with Crippen LogP contribution >= 0.6 is 12.2 Å². The van der Waals surface area contributed by atoms with E-state index in [-0.39, 0.29) is 0 Å². The van der Waals surface area contributed by atoms with Crippen molar-refractivity contribution in [3.63, 3.8) is 0 Å². The second-order valence-corrected chi connectivity index (χ2v) is 6.03. The molecule has 1 aliphatic carbocycles. The van der Waals surface area contributed by atoms with Crippen molar-refractivity contribution in [2.45, 2.75) is 20.0 Å². The second-order valence-electron chi connectivity index (χ2n) is 5.56. The van der Waals surface area contributed by atoms with E-state index >= 15 is 0 Å².